The number of pyridine rings is 1. The predicted octanol–water partition coefficient (Wildman–Crippen LogP) is 4.27. The fourth-order valence-corrected chi connectivity index (χ4v) is 3.50. The Hall–Kier alpha value is -2.07. The first kappa shape index (κ1) is 14.5. The first-order valence-electron chi connectivity index (χ1n) is 8.64. The number of fused-ring (bicyclic) bond motifs is 2. The molecule has 0 bridgehead atoms. The Labute approximate surface area is 136 Å². The molecule has 120 valence electrons. The van der Waals surface area contributed by atoms with Gasteiger partial charge in [0.05, 0.1) is 22.9 Å². The van der Waals surface area contributed by atoms with Crippen molar-refractivity contribution in [3.05, 3.63) is 36.6 Å². The van der Waals surface area contributed by atoms with Gasteiger partial charge in [0.25, 0.3) is 0 Å². The Morgan fingerprint density at radius 3 is 2.83 bits per heavy atom. The van der Waals surface area contributed by atoms with Gasteiger partial charge in [0.2, 0.25) is 5.71 Å². The summed E-state index contributed by atoms with van der Waals surface area (Å²) in [6.45, 7) is 4.70. The molecule has 4 heteroatoms. The number of likely N-dealkylation sites (tertiary alicyclic amines) is 1. The number of para-hydroxylation sites is 1. The van der Waals surface area contributed by atoms with E-state index in [1.807, 2.05) is 18.2 Å². The quantitative estimate of drug-likeness (QED) is 0.715. The Morgan fingerprint density at radius 1 is 1.04 bits per heavy atom. The van der Waals surface area contributed by atoms with Crippen LogP contribution < -0.4 is 5.32 Å². The van der Waals surface area contributed by atoms with Crippen molar-refractivity contribution in [3.8, 4) is 0 Å². The van der Waals surface area contributed by atoms with Crippen LogP contribution in [0.2, 0.25) is 0 Å². The number of hydrogen-bond donors (Lipinski definition) is 1. The number of benzene rings is 1. The van der Waals surface area contributed by atoms with Gasteiger partial charge in [-0.15, -0.1) is 0 Å². The summed E-state index contributed by atoms with van der Waals surface area (Å²) in [5.74, 6) is 0. The number of aromatic nitrogens is 1. The lowest BCUT2D eigenvalue weighted by Gasteiger charge is -2.26. The van der Waals surface area contributed by atoms with Crippen LogP contribution in [0.3, 0.4) is 0 Å². The Morgan fingerprint density at radius 2 is 1.91 bits per heavy atom. The van der Waals surface area contributed by atoms with Gasteiger partial charge in [0.15, 0.2) is 0 Å². The molecule has 0 atom stereocenters. The zero-order chi connectivity index (χ0) is 15.5. The molecule has 0 unspecified atom stereocenters. The monoisotopic (exact) mass is 309 g/mol. The van der Waals surface area contributed by atoms with Crippen LogP contribution in [0.25, 0.3) is 22.0 Å². The highest BCUT2D eigenvalue weighted by Crippen LogP contribution is 2.31. The first-order chi connectivity index (χ1) is 11.4. The second-order valence-corrected chi connectivity index (χ2v) is 6.33. The van der Waals surface area contributed by atoms with Crippen LogP contribution in [-0.4, -0.2) is 36.1 Å². The number of nitrogens with zero attached hydrogens (tertiary/aromatic N) is 2. The maximum absolute atomic E-state index is 5.51. The number of anilines is 1. The van der Waals surface area contributed by atoms with Crippen molar-refractivity contribution in [1.29, 1.82) is 0 Å². The van der Waals surface area contributed by atoms with Crippen LogP contribution in [0.4, 0.5) is 5.69 Å². The van der Waals surface area contributed by atoms with Gasteiger partial charge in [0.1, 0.15) is 0 Å². The molecular formula is C19H23N3O. The summed E-state index contributed by atoms with van der Waals surface area (Å²) in [6.07, 6.45) is 7.00. The summed E-state index contributed by atoms with van der Waals surface area (Å²) in [4.78, 5) is 7.17. The number of nitrogens with one attached hydrogen (secondary N) is 1. The smallest absolute Gasteiger partial charge is 0.228 e. The van der Waals surface area contributed by atoms with Gasteiger partial charge in [-0.25, -0.2) is 4.98 Å². The van der Waals surface area contributed by atoms with Crippen LogP contribution in [0.5, 0.6) is 0 Å². The van der Waals surface area contributed by atoms with Gasteiger partial charge in [-0.1, -0.05) is 24.6 Å². The summed E-state index contributed by atoms with van der Waals surface area (Å²) in [7, 11) is 0. The van der Waals surface area contributed by atoms with E-state index in [0.717, 1.165) is 29.6 Å². The lowest BCUT2D eigenvalue weighted by Crippen LogP contribution is -2.31. The van der Waals surface area contributed by atoms with E-state index < -0.39 is 0 Å². The van der Waals surface area contributed by atoms with Crippen molar-refractivity contribution in [2.45, 2.75) is 25.7 Å². The van der Waals surface area contributed by atoms with E-state index in [1.54, 1.807) is 6.26 Å². The average Bonchev–Trinajstić information content (AvgIpc) is 3.07. The van der Waals surface area contributed by atoms with Gasteiger partial charge in [-0.3, -0.25) is 0 Å². The Kier molecular flexibility index (Phi) is 4.16. The molecule has 23 heavy (non-hydrogen) atoms. The van der Waals surface area contributed by atoms with E-state index in [1.165, 1.54) is 44.3 Å². The van der Waals surface area contributed by atoms with Crippen LogP contribution >= 0.6 is 0 Å². The number of rotatable bonds is 5. The molecule has 0 saturated carbocycles. The number of furan rings is 1. The van der Waals surface area contributed by atoms with E-state index in [-0.39, 0.29) is 0 Å². The summed E-state index contributed by atoms with van der Waals surface area (Å²) in [6, 6.07) is 10.2. The van der Waals surface area contributed by atoms with Crippen LogP contribution in [-0.2, 0) is 0 Å². The first-order valence-corrected chi connectivity index (χ1v) is 8.64. The minimum absolute atomic E-state index is 0.710. The zero-order valence-corrected chi connectivity index (χ0v) is 13.4. The van der Waals surface area contributed by atoms with Crippen molar-refractivity contribution in [1.82, 2.24) is 9.88 Å². The highest BCUT2D eigenvalue weighted by molar-refractivity contribution is 6.05. The molecule has 1 saturated heterocycles. The Balaban J connectivity index is 1.49. The van der Waals surface area contributed by atoms with E-state index >= 15 is 0 Å². The highest BCUT2D eigenvalue weighted by Gasteiger charge is 2.12. The molecule has 1 aliphatic heterocycles. The molecule has 1 aliphatic rings. The van der Waals surface area contributed by atoms with Crippen molar-refractivity contribution >= 4 is 27.7 Å². The molecule has 1 fully saturated rings. The fraction of sp³-hybridized carbons (Fsp3) is 0.421. The van der Waals surface area contributed by atoms with Gasteiger partial charge in [-0.05, 0) is 51.0 Å². The molecule has 3 heterocycles. The van der Waals surface area contributed by atoms with E-state index in [0.29, 0.717) is 5.71 Å². The topological polar surface area (TPSA) is 41.3 Å². The molecule has 3 aromatic rings. The lowest BCUT2D eigenvalue weighted by atomic mass is 10.1. The SMILES string of the molecule is c1ccc2c(NCCCN3CCCCC3)c3ccoc3nc2c1. The van der Waals surface area contributed by atoms with E-state index in [9.17, 15) is 0 Å². The number of hydrogen-bond acceptors (Lipinski definition) is 4. The minimum atomic E-state index is 0.710. The molecule has 0 radical (unpaired) electrons. The van der Waals surface area contributed by atoms with Crippen LogP contribution in [0.15, 0.2) is 41.0 Å². The van der Waals surface area contributed by atoms with E-state index in [4.69, 9.17) is 4.42 Å². The molecule has 4 nitrogen and oxygen atoms in total. The van der Waals surface area contributed by atoms with E-state index in [2.05, 4.69) is 27.3 Å². The fourth-order valence-electron chi connectivity index (χ4n) is 3.50. The third kappa shape index (κ3) is 3.04. The molecule has 0 aliphatic carbocycles. The molecule has 4 rings (SSSR count). The summed E-state index contributed by atoms with van der Waals surface area (Å²) >= 11 is 0. The summed E-state index contributed by atoms with van der Waals surface area (Å²) in [5.41, 5.74) is 2.84. The minimum Gasteiger partial charge on any atom is -0.446 e. The highest BCUT2D eigenvalue weighted by atomic mass is 16.3. The van der Waals surface area contributed by atoms with Crippen molar-refractivity contribution < 1.29 is 4.42 Å². The maximum atomic E-state index is 5.51. The van der Waals surface area contributed by atoms with Gasteiger partial charge >= 0.3 is 0 Å². The van der Waals surface area contributed by atoms with Gasteiger partial charge in [-0.2, -0.15) is 0 Å². The largest absolute Gasteiger partial charge is 0.446 e. The van der Waals surface area contributed by atoms with Crippen LogP contribution in [0.1, 0.15) is 25.7 Å². The molecule has 2 aromatic heterocycles. The van der Waals surface area contributed by atoms with Crippen molar-refractivity contribution in [2.75, 3.05) is 31.5 Å². The average molecular weight is 309 g/mol. The summed E-state index contributed by atoms with van der Waals surface area (Å²) < 4.78 is 5.51. The summed E-state index contributed by atoms with van der Waals surface area (Å²) in [5, 5.41) is 5.87. The second kappa shape index (κ2) is 6.59. The Bertz CT molecular complexity index is 790. The maximum Gasteiger partial charge on any atom is 0.228 e. The molecular weight excluding hydrogens is 286 g/mol. The van der Waals surface area contributed by atoms with Crippen LogP contribution in [0, 0.1) is 0 Å². The lowest BCUT2D eigenvalue weighted by molar-refractivity contribution is 0.228. The normalized spacial score (nSPS) is 16.2. The molecule has 0 spiro atoms. The zero-order valence-electron chi connectivity index (χ0n) is 13.4. The standard InChI is InChI=1S/C19H23N3O/c1-4-11-22(12-5-1)13-6-10-20-18-15-7-2-3-8-17(15)21-19-16(18)9-14-23-19/h2-3,7-9,14H,1,4-6,10-13H2,(H,20,21). The van der Waals surface area contributed by atoms with Gasteiger partial charge < -0.3 is 14.6 Å². The van der Waals surface area contributed by atoms with Crippen molar-refractivity contribution in [3.63, 3.8) is 0 Å². The van der Waals surface area contributed by atoms with Crippen molar-refractivity contribution in [2.24, 2.45) is 0 Å². The third-order valence-electron chi connectivity index (χ3n) is 4.71. The third-order valence-corrected chi connectivity index (χ3v) is 4.71. The predicted molar refractivity (Wildman–Crippen MR) is 94.9 cm³/mol. The molecule has 1 aromatic carbocycles. The van der Waals surface area contributed by atoms with Gasteiger partial charge in [0, 0.05) is 11.9 Å². The molecule has 1 N–H and O–H groups in total. The molecule has 0 amide bonds. The second-order valence-electron chi connectivity index (χ2n) is 6.33. The number of piperidine rings is 1.